The quantitative estimate of drug-likeness (QED) is 0.815. The SMILES string of the molecule is CC(C)N(CCC#N)c1ccc(C(C)(C)C)cn1. The van der Waals surface area contributed by atoms with Crippen molar-refractivity contribution in [3.63, 3.8) is 0 Å². The Bertz CT molecular complexity index is 407. The molecule has 0 N–H and O–H groups in total. The molecule has 0 radical (unpaired) electrons. The fraction of sp³-hybridized carbons (Fsp3) is 0.600. The topological polar surface area (TPSA) is 39.9 Å². The molecule has 0 saturated carbocycles. The Morgan fingerprint density at radius 3 is 2.39 bits per heavy atom. The largest absolute Gasteiger partial charge is 0.353 e. The molecule has 1 rings (SSSR count). The molecule has 0 aliphatic heterocycles. The van der Waals surface area contributed by atoms with Gasteiger partial charge in [0.25, 0.3) is 0 Å². The summed E-state index contributed by atoms with van der Waals surface area (Å²) in [6, 6.07) is 6.72. The zero-order valence-electron chi connectivity index (χ0n) is 12.1. The Labute approximate surface area is 110 Å². The first-order chi connectivity index (χ1) is 8.36. The number of nitriles is 1. The molecule has 0 atom stereocenters. The highest BCUT2D eigenvalue weighted by molar-refractivity contribution is 5.41. The van der Waals surface area contributed by atoms with E-state index in [1.54, 1.807) is 0 Å². The molecule has 0 aliphatic rings. The Morgan fingerprint density at radius 1 is 1.33 bits per heavy atom. The lowest BCUT2D eigenvalue weighted by molar-refractivity contribution is 0.586. The third-order valence-corrected chi connectivity index (χ3v) is 3.00. The second kappa shape index (κ2) is 5.86. The molecule has 1 heterocycles. The van der Waals surface area contributed by atoms with Gasteiger partial charge >= 0.3 is 0 Å². The van der Waals surface area contributed by atoms with Crippen molar-refractivity contribution < 1.29 is 0 Å². The predicted molar refractivity (Wildman–Crippen MR) is 75.6 cm³/mol. The van der Waals surface area contributed by atoms with Crippen LogP contribution in [0.3, 0.4) is 0 Å². The van der Waals surface area contributed by atoms with Crippen LogP contribution in [-0.4, -0.2) is 17.6 Å². The number of nitrogens with zero attached hydrogens (tertiary/aromatic N) is 3. The zero-order chi connectivity index (χ0) is 13.8. The maximum absolute atomic E-state index is 8.70. The summed E-state index contributed by atoms with van der Waals surface area (Å²) in [5.41, 5.74) is 1.36. The lowest BCUT2D eigenvalue weighted by Crippen LogP contribution is -2.32. The van der Waals surface area contributed by atoms with Gasteiger partial charge in [0.15, 0.2) is 0 Å². The van der Waals surface area contributed by atoms with Crippen LogP contribution in [0.25, 0.3) is 0 Å². The van der Waals surface area contributed by atoms with Crippen molar-refractivity contribution in [3.05, 3.63) is 23.9 Å². The molecule has 3 heteroatoms. The molecule has 3 nitrogen and oxygen atoms in total. The van der Waals surface area contributed by atoms with E-state index in [0.29, 0.717) is 12.5 Å². The number of anilines is 1. The van der Waals surface area contributed by atoms with Crippen LogP contribution in [0.1, 0.15) is 46.6 Å². The number of aromatic nitrogens is 1. The van der Waals surface area contributed by atoms with Gasteiger partial charge in [0, 0.05) is 18.8 Å². The van der Waals surface area contributed by atoms with Gasteiger partial charge in [-0.1, -0.05) is 26.8 Å². The lowest BCUT2D eigenvalue weighted by atomic mass is 9.88. The summed E-state index contributed by atoms with van der Waals surface area (Å²) >= 11 is 0. The average Bonchev–Trinajstić information content (AvgIpc) is 2.28. The van der Waals surface area contributed by atoms with Gasteiger partial charge in [-0.25, -0.2) is 4.98 Å². The Hall–Kier alpha value is -1.56. The minimum atomic E-state index is 0.126. The highest BCUT2D eigenvalue weighted by Crippen LogP contribution is 2.23. The first-order valence-corrected chi connectivity index (χ1v) is 6.46. The van der Waals surface area contributed by atoms with Crippen molar-refractivity contribution in [3.8, 4) is 6.07 Å². The van der Waals surface area contributed by atoms with Crippen LogP contribution in [0, 0.1) is 11.3 Å². The first kappa shape index (κ1) is 14.5. The maximum atomic E-state index is 8.70. The van der Waals surface area contributed by atoms with Gasteiger partial charge < -0.3 is 4.90 Å². The minimum Gasteiger partial charge on any atom is -0.353 e. The van der Waals surface area contributed by atoms with E-state index in [4.69, 9.17) is 5.26 Å². The summed E-state index contributed by atoms with van der Waals surface area (Å²) < 4.78 is 0. The normalized spacial score (nSPS) is 11.4. The van der Waals surface area contributed by atoms with Crippen LogP contribution in [0.5, 0.6) is 0 Å². The number of pyridine rings is 1. The molecular formula is C15H23N3. The molecule has 0 unspecified atom stereocenters. The second-order valence-electron chi connectivity index (χ2n) is 5.85. The van der Waals surface area contributed by atoms with Crippen LogP contribution in [0.15, 0.2) is 18.3 Å². The Balaban J connectivity index is 2.91. The van der Waals surface area contributed by atoms with E-state index in [1.807, 2.05) is 6.20 Å². The van der Waals surface area contributed by atoms with E-state index in [2.05, 4.69) is 62.7 Å². The molecule has 0 spiro atoms. The summed E-state index contributed by atoms with van der Waals surface area (Å²) in [4.78, 5) is 6.70. The molecule has 0 fully saturated rings. The maximum Gasteiger partial charge on any atom is 0.128 e. The van der Waals surface area contributed by atoms with Gasteiger partial charge in [-0.2, -0.15) is 5.26 Å². The van der Waals surface area contributed by atoms with Crippen molar-refractivity contribution in [1.82, 2.24) is 4.98 Å². The monoisotopic (exact) mass is 245 g/mol. The van der Waals surface area contributed by atoms with Gasteiger partial charge in [-0.05, 0) is 30.9 Å². The summed E-state index contributed by atoms with van der Waals surface area (Å²) in [7, 11) is 0. The van der Waals surface area contributed by atoms with Crippen LogP contribution < -0.4 is 4.90 Å². The van der Waals surface area contributed by atoms with E-state index >= 15 is 0 Å². The summed E-state index contributed by atoms with van der Waals surface area (Å²) in [6.07, 6.45) is 2.47. The zero-order valence-corrected chi connectivity index (χ0v) is 12.1. The smallest absolute Gasteiger partial charge is 0.128 e. The third-order valence-electron chi connectivity index (χ3n) is 3.00. The third kappa shape index (κ3) is 3.73. The molecule has 0 saturated heterocycles. The van der Waals surface area contributed by atoms with Crippen LogP contribution in [0.4, 0.5) is 5.82 Å². The minimum absolute atomic E-state index is 0.126. The second-order valence-corrected chi connectivity index (χ2v) is 5.85. The van der Waals surface area contributed by atoms with Crippen molar-refractivity contribution in [2.45, 2.75) is 52.5 Å². The van der Waals surface area contributed by atoms with Gasteiger partial charge in [-0.15, -0.1) is 0 Å². The lowest BCUT2D eigenvalue weighted by Gasteiger charge is -2.28. The molecule has 0 aromatic carbocycles. The molecule has 0 bridgehead atoms. The fourth-order valence-electron chi connectivity index (χ4n) is 1.81. The van der Waals surface area contributed by atoms with Crippen LogP contribution in [0.2, 0.25) is 0 Å². The van der Waals surface area contributed by atoms with E-state index < -0.39 is 0 Å². The highest BCUT2D eigenvalue weighted by atomic mass is 15.2. The molecule has 18 heavy (non-hydrogen) atoms. The highest BCUT2D eigenvalue weighted by Gasteiger charge is 2.16. The molecule has 1 aromatic heterocycles. The Morgan fingerprint density at radius 2 is 2.00 bits per heavy atom. The molecule has 98 valence electrons. The number of hydrogen-bond donors (Lipinski definition) is 0. The molecule has 0 aliphatic carbocycles. The van der Waals surface area contributed by atoms with Crippen molar-refractivity contribution in [2.75, 3.05) is 11.4 Å². The van der Waals surface area contributed by atoms with Crippen LogP contribution >= 0.6 is 0 Å². The van der Waals surface area contributed by atoms with E-state index in [-0.39, 0.29) is 5.41 Å². The van der Waals surface area contributed by atoms with Crippen molar-refractivity contribution in [1.29, 1.82) is 5.26 Å². The van der Waals surface area contributed by atoms with E-state index in [9.17, 15) is 0 Å². The molecular weight excluding hydrogens is 222 g/mol. The van der Waals surface area contributed by atoms with E-state index in [0.717, 1.165) is 12.4 Å². The van der Waals surface area contributed by atoms with Crippen molar-refractivity contribution >= 4 is 5.82 Å². The Kier molecular flexibility index (Phi) is 4.72. The predicted octanol–water partition coefficient (Wildman–Crippen LogP) is 3.51. The van der Waals surface area contributed by atoms with Gasteiger partial charge in [0.1, 0.15) is 5.82 Å². The fourth-order valence-corrected chi connectivity index (χ4v) is 1.81. The van der Waals surface area contributed by atoms with E-state index in [1.165, 1.54) is 5.56 Å². The van der Waals surface area contributed by atoms with Gasteiger partial charge in [0.05, 0.1) is 12.5 Å². The number of rotatable bonds is 4. The molecule has 1 aromatic rings. The summed E-state index contributed by atoms with van der Waals surface area (Å²) in [6.45, 7) is 11.5. The summed E-state index contributed by atoms with van der Waals surface area (Å²) in [5.74, 6) is 0.952. The molecule has 0 amide bonds. The first-order valence-electron chi connectivity index (χ1n) is 6.46. The van der Waals surface area contributed by atoms with Gasteiger partial charge in [0.2, 0.25) is 0 Å². The van der Waals surface area contributed by atoms with Crippen LogP contribution in [-0.2, 0) is 5.41 Å². The average molecular weight is 245 g/mol. The standard InChI is InChI=1S/C15H23N3/c1-12(2)18(10-6-9-16)14-8-7-13(11-17-14)15(3,4)5/h7-8,11-12H,6,10H2,1-5H3. The van der Waals surface area contributed by atoms with Crippen molar-refractivity contribution in [2.24, 2.45) is 0 Å². The van der Waals surface area contributed by atoms with Gasteiger partial charge in [-0.3, -0.25) is 0 Å². The number of hydrogen-bond acceptors (Lipinski definition) is 3. The summed E-state index contributed by atoms with van der Waals surface area (Å²) in [5, 5.41) is 8.70.